The number of sulfonamides is 1. The summed E-state index contributed by atoms with van der Waals surface area (Å²) >= 11 is 1.15. The number of aromatic nitrogens is 4. The summed E-state index contributed by atoms with van der Waals surface area (Å²) in [5, 5.41) is 12.6. The predicted octanol–water partition coefficient (Wildman–Crippen LogP) is 3.22. The molecule has 11 nitrogen and oxygen atoms in total. The standard InChI is InChI=1S/C21H21N7O4S2.H2/c1-3-32-19(29)16-12(2)25-21(33-16)28-20-26-17-15(5-4-10-23-17)18(27-20)24-11-13-6-8-14(9-7-13)34(22,30)31;/h4-10H,3,11H2,1-2H3,(H2,22,30,31)(H2,23,24,25,26,27,28);1H. The highest BCUT2D eigenvalue weighted by atomic mass is 32.2. The van der Waals surface area contributed by atoms with Crippen molar-refractivity contribution in [1.82, 2.24) is 19.9 Å². The van der Waals surface area contributed by atoms with E-state index in [1.807, 2.05) is 6.07 Å². The molecule has 34 heavy (non-hydrogen) atoms. The van der Waals surface area contributed by atoms with Crippen LogP contribution in [0.3, 0.4) is 0 Å². The number of primary sulfonamides is 1. The number of nitrogens with zero attached hydrogens (tertiary/aromatic N) is 4. The summed E-state index contributed by atoms with van der Waals surface area (Å²) < 4.78 is 28.0. The Bertz CT molecular complexity index is 1460. The van der Waals surface area contributed by atoms with Crippen LogP contribution in [0.15, 0.2) is 47.5 Å². The predicted molar refractivity (Wildman–Crippen MR) is 131 cm³/mol. The van der Waals surface area contributed by atoms with Gasteiger partial charge in [0.25, 0.3) is 0 Å². The van der Waals surface area contributed by atoms with Gasteiger partial charge in [-0.15, -0.1) is 0 Å². The minimum absolute atomic E-state index is 0. The van der Waals surface area contributed by atoms with E-state index in [1.54, 1.807) is 38.2 Å². The van der Waals surface area contributed by atoms with E-state index in [1.165, 1.54) is 12.1 Å². The van der Waals surface area contributed by atoms with E-state index in [9.17, 15) is 13.2 Å². The van der Waals surface area contributed by atoms with E-state index in [2.05, 4.69) is 30.6 Å². The quantitative estimate of drug-likeness (QED) is 0.306. The number of thiazole rings is 1. The number of nitrogens with one attached hydrogen (secondary N) is 2. The van der Waals surface area contributed by atoms with Gasteiger partial charge in [-0.05, 0) is 43.7 Å². The fraction of sp³-hybridized carbons (Fsp3) is 0.190. The Morgan fingerprint density at radius 3 is 2.65 bits per heavy atom. The lowest BCUT2D eigenvalue weighted by Crippen LogP contribution is -2.12. The SMILES string of the molecule is CCOC(=O)c1sc(Nc2nc(NCc3ccc(S(N)(=O)=O)cc3)c3cccnc3n2)nc1C.[HH]. The highest BCUT2D eigenvalue weighted by molar-refractivity contribution is 7.89. The fourth-order valence-corrected chi connectivity index (χ4v) is 4.44. The number of nitrogens with two attached hydrogens (primary N) is 1. The average Bonchev–Trinajstić information content (AvgIpc) is 3.17. The molecule has 0 amide bonds. The Morgan fingerprint density at radius 2 is 1.94 bits per heavy atom. The molecule has 3 aromatic heterocycles. The third-order valence-electron chi connectivity index (χ3n) is 4.66. The molecule has 4 N–H and O–H groups in total. The highest BCUT2D eigenvalue weighted by Crippen LogP contribution is 2.27. The van der Waals surface area contributed by atoms with E-state index in [0.29, 0.717) is 39.1 Å². The van der Waals surface area contributed by atoms with Crippen LogP contribution < -0.4 is 15.8 Å². The van der Waals surface area contributed by atoms with Gasteiger partial charge in [-0.25, -0.2) is 28.3 Å². The van der Waals surface area contributed by atoms with Crippen molar-refractivity contribution < 1.29 is 19.4 Å². The van der Waals surface area contributed by atoms with Crippen LogP contribution in [0, 0.1) is 6.92 Å². The zero-order valence-corrected chi connectivity index (χ0v) is 19.9. The Kier molecular flexibility index (Phi) is 6.68. The number of benzene rings is 1. The van der Waals surface area contributed by atoms with E-state index in [0.717, 1.165) is 16.9 Å². The van der Waals surface area contributed by atoms with E-state index >= 15 is 0 Å². The van der Waals surface area contributed by atoms with Crippen molar-refractivity contribution in [3.8, 4) is 0 Å². The van der Waals surface area contributed by atoms with Crippen LogP contribution in [0.1, 0.15) is 29.3 Å². The summed E-state index contributed by atoms with van der Waals surface area (Å²) in [5.41, 5.74) is 1.84. The number of hydrogen-bond donors (Lipinski definition) is 3. The molecular weight excluding hydrogens is 478 g/mol. The van der Waals surface area contributed by atoms with Crippen LogP contribution in [-0.4, -0.2) is 40.9 Å². The summed E-state index contributed by atoms with van der Waals surface area (Å²) in [6, 6.07) is 9.85. The molecule has 0 aliphatic heterocycles. The summed E-state index contributed by atoms with van der Waals surface area (Å²) in [6.07, 6.45) is 1.63. The number of carbonyl (C=O) groups excluding carboxylic acids is 1. The molecule has 0 aliphatic carbocycles. The minimum atomic E-state index is -3.75. The molecule has 0 unspecified atom stereocenters. The van der Waals surface area contributed by atoms with Crippen molar-refractivity contribution in [2.75, 3.05) is 17.2 Å². The van der Waals surface area contributed by atoms with Crippen LogP contribution in [0.4, 0.5) is 16.9 Å². The lowest BCUT2D eigenvalue weighted by Gasteiger charge is -2.11. The van der Waals surface area contributed by atoms with Crippen LogP contribution in [0.2, 0.25) is 0 Å². The molecule has 0 radical (unpaired) electrons. The number of aryl methyl sites for hydroxylation is 1. The first-order valence-corrected chi connectivity index (χ1v) is 12.5. The van der Waals surface area contributed by atoms with Crippen LogP contribution in [0.25, 0.3) is 11.0 Å². The van der Waals surface area contributed by atoms with Crippen LogP contribution >= 0.6 is 11.3 Å². The normalized spacial score (nSPS) is 11.4. The lowest BCUT2D eigenvalue weighted by molar-refractivity contribution is 0.0531. The fourth-order valence-electron chi connectivity index (χ4n) is 3.07. The van der Waals surface area contributed by atoms with Gasteiger partial charge in [0.1, 0.15) is 10.7 Å². The first kappa shape index (κ1) is 23.5. The van der Waals surface area contributed by atoms with Crippen molar-refractivity contribution >= 4 is 55.3 Å². The number of rotatable bonds is 8. The monoisotopic (exact) mass is 501 g/mol. The molecule has 13 heteroatoms. The largest absolute Gasteiger partial charge is 0.462 e. The molecule has 1 aromatic carbocycles. The van der Waals surface area contributed by atoms with Gasteiger partial charge in [0, 0.05) is 14.2 Å². The van der Waals surface area contributed by atoms with E-state index < -0.39 is 16.0 Å². The summed E-state index contributed by atoms with van der Waals surface area (Å²) in [4.78, 5) is 30.2. The number of hydrogen-bond acceptors (Lipinski definition) is 11. The van der Waals surface area contributed by atoms with Crippen LogP contribution in [-0.2, 0) is 21.3 Å². The second-order valence-corrected chi connectivity index (χ2v) is 9.65. The molecule has 0 atom stereocenters. The third-order valence-corrected chi connectivity index (χ3v) is 6.64. The lowest BCUT2D eigenvalue weighted by atomic mass is 10.2. The minimum Gasteiger partial charge on any atom is -0.462 e. The van der Waals surface area contributed by atoms with Gasteiger partial charge in [-0.1, -0.05) is 23.5 Å². The Hall–Kier alpha value is -3.68. The highest BCUT2D eigenvalue weighted by Gasteiger charge is 2.18. The zero-order chi connectivity index (χ0) is 24.3. The average molecular weight is 502 g/mol. The van der Waals surface area contributed by atoms with Crippen molar-refractivity contribution in [1.29, 1.82) is 0 Å². The van der Waals surface area contributed by atoms with Gasteiger partial charge in [0.05, 0.1) is 22.6 Å². The van der Waals surface area contributed by atoms with Gasteiger partial charge in [0.15, 0.2) is 10.8 Å². The molecule has 0 fully saturated rings. The molecule has 0 spiro atoms. The second-order valence-electron chi connectivity index (χ2n) is 7.09. The van der Waals surface area contributed by atoms with Gasteiger partial charge >= 0.3 is 5.97 Å². The Balaban J connectivity index is 0.00000342. The number of anilines is 3. The molecule has 178 valence electrons. The molecule has 0 saturated heterocycles. The number of pyridine rings is 1. The number of esters is 1. The topological polar surface area (TPSA) is 162 Å². The number of carbonyl (C=O) groups is 1. The van der Waals surface area contributed by atoms with E-state index in [-0.39, 0.29) is 18.9 Å². The van der Waals surface area contributed by atoms with Crippen LogP contribution in [0.5, 0.6) is 0 Å². The third kappa shape index (κ3) is 5.27. The summed E-state index contributed by atoms with van der Waals surface area (Å²) in [7, 11) is -3.75. The van der Waals surface area contributed by atoms with Crippen molar-refractivity contribution in [2.45, 2.75) is 25.3 Å². The smallest absolute Gasteiger partial charge is 0.350 e. The van der Waals surface area contributed by atoms with Gasteiger partial charge in [-0.2, -0.15) is 9.97 Å². The first-order valence-electron chi connectivity index (χ1n) is 10.1. The van der Waals surface area contributed by atoms with Crippen molar-refractivity contribution in [2.24, 2.45) is 5.14 Å². The Morgan fingerprint density at radius 1 is 1.18 bits per heavy atom. The molecule has 0 aliphatic rings. The maximum atomic E-state index is 12.1. The zero-order valence-electron chi connectivity index (χ0n) is 18.3. The molecule has 0 bridgehead atoms. The maximum absolute atomic E-state index is 12.1. The maximum Gasteiger partial charge on any atom is 0.350 e. The number of ether oxygens (including phenoxy) is 1. The van der Waals surface area contributed by atoms with Crippen molar-refractivity contribution in [3.05, 3.63) is 58.7 Å². The van der Waals surface area contributed by atoms with Crippen molar-refractivity contribution in [3.63, 3.8) is 0 Å². The molecule has 3 heterocycles. The molecular formula is C21H23N7O4S2. The van der Waals surface area contributed by atoms with E-state index in [4.69, 9.17) is 9.88 Å². The summed E-state index contributed by atoms with van der Waals surface area (Å²) in [6.45, 7) is 4.12. The molecule has 4 aromatic rings. The molecule has 0 saturated carbocycles. The summed E-state index contributed by atoms with van der Waals surface area (Å²) in [5.74, 6) is 0.347. The Labute approximate surface area is 201 Å². The first-order chi connectivity index (χ1) is 16.2. The van der Waals surface area contributed by atoms with Gasteiger partial charge in [-0.3, -0.25) is 5.32 Å². The van der Waals surface area contributed by atoms with Gasteiger partial charge < -0.3 is 10.1 Å². The second kappa shape index (κ2) is 9.67. The molecule has 4 rings (SSSR count). The van der Waals surface area contributed by atoms with Gasteiger partial charge in [0.2, 0.25) is 16.0 Å². The number of fused-ring (bicyclic) bond motifs is 1.